The van der Waals surface area contributed by atoms with Crippen LogP contribution in [0.5, 0.6) is 0 Å². The number of carbonyl (C=O) groups excluding carboxylic acids is 1. The van der Waals surface area contributed by atoms with Crippen LogP contribution in [0.4, 0.5) is 23.7 Å². The Morgan fingerprint density at radius 3 is 2.65 bits per heavy atom. The van der Waals surface area contributed by atoms with Gasteiger partial charge in [-0.1, -0.05) is 29.8 Å². The number of hydrogen-bond acceptors (Lipinski definition) is 2. The van der Waals surface area contributed by atoms with Gasteiger partial charge >= 0.3 is 12.2 Å². The standard InChI is InChI=1S/C18H18F3N3O2/c1-11-3-2-4-12(7-11)10-24(14-5-6-14)17(26)23-15-8-13(18(19,20)21)9-22-16(15)25/h2-4,7-9,14H,5-6,10H2,1H3,(H,22,25)(H,23,26). The minimum atomic E-state index is -4.61. The lowest BCUT2D eigenvalue weighted by Crippen LogP contribution is -2.37. The zero-order chi connectivity index (χ0) is 18.9. The fourth-order valence-corrected chi connectivity index (χ4v) is 2.69. The number of urea groups is 1. The van der Waals surface area contributed by atoms with E-state index in [1.54, 1.807) is 4.90 Å². The summed E-state index contributed by atoms with van der Waals surface area (Å²) in [5.41, 5.74) is -0.251. The van der Waals surface area contributed by atoms with Crippen molar-refractivity contribution in [2.45, 2.75) is 38.5 Å². The Morgan fingerprint density at radius 2 is 2.04 bits per heavy atom. The number of nitrogens with zero attached hydrogens (tertiary/aromatic N) is 1. The van der Waals surface area contributed by atoms with E-state index in [1.165, 1.54) is 0 Å². The van der Waals surface area contributed by atoms with Crippen molar-refractivity contribution in [3.05, 3.63) is 63.6 Å². The Kier molecular flexibility index (Phi) is 4.76. The van der Waals surface area contributed by atoms with E-state index >= 15 is 0 Å². The van der Waals surface area contributed by atoms with Crippen molar-refractivity contribution < 1.29 is 18.0 Å². The summed E-state index contributed by atoms with van der Waals surface area (Å²) in [4.78, 5) is 27.9. The molecule has 3 rings (SSSR count). The van der Waals surface area contributed by atoms with E-state index in [-0.39, 0.29) is 6.04 Å². The highest BCUT2D eigenvalue weighted by Gasteiger charge is 2.34. The van der Waals surface area contributed by atoms with Gasteiger partial charge in [-0.25, -0.2) is 4.79 Å². The Morgan fingerprint density at radius 1 is 1.31 bits per heavy atom. The quantitative estimate of drug-likeness (QED) is 0.863. The molecule has 0 radical (unpaired) electrons. The van der Waals surface area contributed by atoms with Crippen LogP contribution in [-0.4, -0.2) is 22.0 Å². The average Bonchev–Trinajstić information content (AvgIpc) is 3.38. The number of carbonyl (C=O) groups is 1. The topological polar surface area (TPSA) is 65.2 Å². The maximum Gasteiger partial charge on any atom is 0.417 e. The number of amides is 2. The minimum absolute atomic E-state index is 0.0281. The maximum absolute atomic E-state index is 12.8. The Balaban J connectivity index is 1.80. The van der Waals surface area contributed by atoms with Gasteiger partial charge in [-0.15, -0.1) is 0 Å². The number of nitrogens with one attached hydrogen (secondary N) is 2. The van der Waals surface area contributed by atoms with Gasteiger partial charge in [-0.05, 0) is 31.4 Å². The highest BCUT2D eigenvalue weighted by atomic mass is 19.4. The zero-order valence-corrected chi connectivity index (χ0v) is 14.1. The first kappa shape index (κ1) is 18.0. The number of hydrogen-bond donors (Lipinski definition) is 2. The minimum Gasteiger partial charge on any atom is -0.327 e. The van der Waals surface area contributed by atoms with Crippen LogP contribution >= 0.6 is 0 Å². The molecule has 1 fully saturated rings. The molecule has 8 heteroatoms. The van der Waals surface area contributed by atoms with E-state index in [4.69, 9.17) is 0 Å². The van der Waals surface area contributed by atoms with Gasteiger partial charge in [-0.2, -0.15) is 13.2 Å². The Hall–Kier alpha value is -2.77. The third-order valence-corrected chi connectivity index (χ3v) is 4.16. The van der Waals surface area contributed by atoms with Crippen LogP contribution in [-0.2, 0) is 12.7 Å². The number of aryl methyl sites for hydroxylation is 1. The molecule has 2 aromatic rings. The van der Waals surface area contributed by atoms with Crippen molar-refractivity contribution in [3.8, 4) is 0 Å². The molecule has 26 heavy (non-hydrogen) atoms. The van der Waals surface area contributed by atoms with Gasteiger partial charge in [0, 0.05) is 18.8 Å². The highest BCUT2D eigenvalue weighted by molar-refractivity contribution is 5.89. The first-order valence-electron chi connectivity index (χ1n) is 8.17. The summed E-state index contributed by atoms with van der Waals surface area (Å²) < 4.78 is 38.4. The molecule has 1 aliphatic carbocycles. The van der Waals surface area contributed by atoms with Crippen LogP contribution in [0.3, 0.4) is 0 Å². The molecule has 138 valence electrons. The van der Waals surface area contributed by atoms with Gasteiger partial charge in [0.25, 0.3) is 5.56 Å². The third-order valence-electron chi connectivity index (χ3n) is 4.16. The van der Waals surface area contributed by atoms with Crippen LogP contribution < -0.4 is 10.9 Å². The number of alkyl halides is 3. The molecule has 1 aromatic heterocycles. The van der Waals surface area contributed by atoms with Crippen LogP contribution in [0.1, 0.15) is 29.5 Å². The number of aromatic nitrogens is 1. The summed E-state index contributed by atoms with van der Waals surface area (Å²) >= 11 is 0. The lowest BCUT2D eigenvalue weighted by molar-refractivity contribution is -0.137. The molecule has 0 aliphatic heterocycles. The highest BCUT2D eigenvalue weighted by Crippen LogP contribution is 2.31. The molecule has 0 saturated heterocycles. The Labute approximate surface area is 147 Å². The lowest BCUT2D eigenvalue weighted by atomic mass is 10.1. The van der Waals surface area contributed by atoms with Crippen molar-refractivity contribution in [1.29, 1.82) is 0 Å². The second-order valence-electron chi connectivity index (χ2n) is 6.41. The molecule has 0 unspecified atom stereocenters. The molecule has 1 heterocycles. The number of anilines is 1. The molecule has 5 nitrogen and oxygen atoms in total. The Bertz CT molecular complexity index is 872. The SMILES string of the molecule is Cc1cccc(CN(C(=O)Nc2cc(C(F)(F)F)c[nH]c2=O)C2CC2)c1. The predicted octanol–water partition coefficient (Wildman–Crippen LogP) is 3.90. The van der Waals surface area contributed by atoms with E-state index in [9.17, 15) is 22.8 Å². The van der Waals surface area contributed by atoms with Crippen LogP contribution in [0, 0.1) is 6.92 Å². The molecule has 0 atom stereocenters. The first-order chi connectivity index (χ1) is 12.2. The molecule has 0 spiro atoms. The van der Waals surface area contributed by atoms with Crippen LogP contribution in [0.2, 0.25) is 0 Å². The smallest absolute Gasteiger partial charge is 0.327 e. The van der Waals surface area contributed by atoms with Gasteiger partial charge in [-0.3, -0.25) is 4.79 Å². The summed E-state index contributed by atoms with van der Waals surface area (Å²) in [7, 11) is 0. The third kappa shape index (κ3) is 4.25. The van der Waals surface area contributed by atoms with E-state index < -0.39 is 29.0 Å². The van der Waals surface area contributed by atoms with E-state index in [2.05, 4.69) is 5.32 Å². The summed E-state index contributed by atoms with van der Waals surface area (Å²) in [6, 6.07) is 7.73. The monoisotopic (exact) mass is 365 g/mol. The van der Waals surface area contributed by atoms with Gasteiger partial charge in [0.15, 0.2) is 0 Å². The molecule has 2 amide bonds. The van der Waals surface area contributed by atoms with Crippen LogP contribution in [0.25, 0.3) is 0 Å². The number of benzene rings is 1. The number of H-pyrrole nitrogens is 1. The normalized spacial score (nSPS) is 14.2. The number of halogens is 3. The van der Waals surface area contributed by atoms with Crippen molar-refractivity contribution >= 4 is 11.7 Å². The maximum atomic E-state index is 12.8. The summed E-state index contributed by atoms with van der Waals surface area (Å²) in [6.07, 6.45) is -2.36. The second kappa shape index (κ2) is 6.86. The van der Waals surface area contributed by atoms with E-state index in [0.717, 1.165) is 24.0 Å². The largest absolute Gasteiger partial charge is 0.417 e. The number of aromatic amines is 1. The van der Waals surface area contributed by atoms with Crippen molar-refractivity contribution in [3.63, 3.8) is 0 Å². The second-order valence-corrected chi connectivity index (χ2v) is 6.41. The summed E-state index contributed by atoms with van der Waals surface area (Å²) in [5, 5.41) is 2.32. The van der Waals surface area contributed by atoms with Gasteiger partial charge in [0.2, 0.25) is 0 Å². The summed E-state index contributed by atoms with van der Waals surface area (Å²) in [6.45, 7) is 2.27. The fourth-order valence-electron chi connectivity index (χ4n) is 2.69. The summed E-state index contributed by atoms with van der Waals surface area (Å²) in [5.74, 6) is 0. The predicted molar refractivity (Wildman–Crippen MR) is 90.8 cm³/mol. The van der Waals surface area contributed by atoms with Gasteiger partial charge < -0.3 is 15.2 Å². The molecular weight excluding hydrogens is 347 g/mol. The average molecular weight is 365 g/mol. The van der Waals surface area contributed by atoms with Crippen LogP contribution in [0.15, 0.2) is 41.3 Å². The fraction of sp³-hybridized carbons (Fsp3) is 0.333. The van der Waals surface area contributed by atoms with Gasteiger partial charge in [0.1, 0.15) is 5.69 Å². The van der Waals surface area contributed by atoms with Gasteiger partial charge in [0.05, 0.1) is 5.56 Å². The van der Waals surface area contributed by atoms with Crippen molar-refractivity contribution in [2.75, 3.05) is 5.32 Å². The number of pyridine rings is 1. The molecular formula is C18H18F3N3O2. The molecule has 1 aliphatic rings. The molecule has 1 saturated carbocycles. The molecule has 0 bridgehead atoms. The first-order valence-corrected chi connectivity index (χ1v) is 8.17. The van der Waals surface area contributed by atoms with E-state index in [0.29, 0.717) is 18.8 Å². The lowest BCUT2D eigenvalue weighted by Gasteiger charge is -2.23. The number of rotatable bonds is 4. The molecule has 2 N–H and O–H groups in total. The van der Waals surface area contributed by atoms with E-state index in [1.807, 2.05) is 36.2 Å². The zero-order valence-electron chi connectivity index (χ0n) is 14.1. The van der Waals surface area contributed by atoms with Crippen molar-refractivity contribution in [1.82, 2.24) is 9.88 Å². The van der Waals surface area contributed by atoms with Crippen molar-refractivity contribution in [2.24, 2.45) is 0 Å². The molecule has 1 aromatic carbocycles.